The number of benzene rings is 1. The number of nitrogens with zero attached hydrogens (tertiary/aromatic N) is 3. The average molecular weight is 397 g/mol. The number of carbonyl (C=O) groups excluding carboxylic acids is 2. The van der Waals surface area contributed by atoms with Crippen LogP contribution in [-0.4, -0.2) is 46.0 Å². The van der Waals surface area contributed by atoms with Crippen molar-refractivity contribution in [3.8, 4) is 0 Å². The molecule has 29 heavy (non-hydrogen) atoms. The topological polar surface area (TPSA) is 81.5 Å². The minimum Gasteiger partial charge on any atom is -0.466 e. The van der Waals surface area contributed by atoms with Crippen molar-refractivity contribution in [1.29, 1.82) is 0 Å². The lowest BCUT2D eigenvalue weighted by molar-refractivity contribution is -0.151. The van der Waals surface area contributed by atoms with Crippen LogP contribution in [0.15, 0.2) is 29.1 Å². The van der Waals surface area contributed by atoms with E-state index in [1.54, 1.807) is 11.5 Å². The summed E-state index contributed by atoms with van der Waals surface area (Å²) in [5.74, 6) is 0.484. The van der Waals surface area contributed by atoms with Crippen molar-refractivity contribution in [3.05, 3.63) is 40.4 Å². The average Bonchev–Trinajstić information content (AvgIpc) is 3.57. The van der Waals surface area contributed by atoms with Gasteiger partial charge in [-0.15, -0.1) is 0 Å². The second kappa shape index (κ2) is 8.35. The molecule has 2 heterocycles. The lowest BCUT2D eigenvalue weighted by Crippen LogP contribution is -2.41. The van der Waals surface area contributed by atoms with Gasteiger partial charge in [0.1, 0.15) is 5.82 Å². The van der Waals surface area contributed by atoms with Gasteiger partial charge in [0, 0.05) is 32.0 Å². The van der Waals surface area contributed by atoms with Crippen molar-refractivity contribution >= 4 is 22.8 Å². The summed E-state index contributed by atoms with van der Waals surface area (Å²) in [6.45, 7) is 3.34. The van der Waals surface area contributed by atoms with Gasteiger partial charge in [-0.1, -0.05) is 12.1 Å². The van der Waals surface area contributed by atoms with E-state index >= 15 is 0 Å². The molecule has 0 unspecified atom stereocenters. The Balaban J connectivity index is 1.42. The number of para-hydroxylation sites is 1. The predicted molar refractivity (Wildman–Crippen MR) is 109 cm³/mol. The monoisotopic (exact) mass is 397 g/mol. The summed E-state index contributed by atoms with van der Waals surface area (Å²) < 4.78 is 6.88. The summed E-state index contributed by atoms with van der Waals surface area (Å²) in [5, 5.41) is 0.635. The molecule has 0 bridgehead atoms. The van der Waals surface area contributed by atoms with Crippen molar-refractivity contribution in [2.45, 2.75) is 51.5 Å². The first-order valence-corrected chi connectivity index (χ1v) is 10.5. The molecule has 1 aliphatic heterocycles. The van der Waals surface area contributed by atoms with E-state index in [4.69, 9.17) is 9.72 Å². The number of fused-ring (bicyclic) bond motifs is 1. The highest BCUT2D eigenvalue weighted by Gasteiger charge is 2.30. The quantitative estimate of drug-likeness (QED) is 0.700. The minimum absolute atomic E-state index is 0.00389. The van der Waals surface area contributed by atoms with Crippen molar-refractivity contribution in [2.24, 2.45) is 5.92 Å². The molecular weight excluding hydrogens is 370 g/mol. The van der Waals surface area contributed by atoms with Gasteiger partial charge in [-0.25, -0.2) is 4.98 Å². The summed E-state index contributed by atoms with van der Waals surface area (Å²) in [6.07, 6.45) is 4.04. The van der Waals surface area contributed by atoms with Crippen molar-refractivity contribution in [2.75, 3.05) is 19.7 Å². The Labute approximate surface area is 169 Å². The maximum atomic E-state index is 12.9. The van der Waals surface area contributed by atoms with Gasteiger partial charge in [0.15, 0.2) is 0 Å². The molecule has 1 aromatic heterocycles. The molecule has 2 fully saturated rings. The van der Waals surface area contributed by atoms with E-state index in [0.29, 0.717) is 62.1 Å². The van der Waals surface area contributed by atoms with E-state index in [1.807, 2.05) is 29.2 Å². The molecule has 154 valence electrons. The van der Waals surface area contributed by atoms with Crippen LogP contribution >= 0.6 is 0 Å². The molecule has 1 amide bonds. The van der Waals surface area contributed by atoms with Crippen LogP contribution in [0.2, 0.25) is 0 Å². The fourth-order valence-corrected chi connectivity index (χ4v) is 4.08. The lowest BCUT2D eigenvalue weighted by Gasteiger charge is -2.31. The van der Waals surface area contributed by atoms with E-state index in [1.165, 1.54) is 0 Å². The highest BCUT2D eigenvalue weighted by atomic mass is 16.5. The Morgan fingerprint density at radius 3 is 2.55 bits per heavy atom. The van der Waals surface area contributed by atoms with Gasteiger partial charge < -0.3 is 9.64 Å². The first kappa shape index (κ1) is 19.6. The Bertz CT molecular complexity index is 972. The first-order chi connectivity index (χ1) is 14.1. The van der Waals surface area contributed by atoms with Crippen LogP contribution < -0.4 is 5.56 Å². The number of aromatic nitrogens is 2. The normalized spacial score (nSPS) is 17.5. The number of carbonyl (C=O) groups is 2. The molecule has 2 aromatic rings. The molecule has 1 saturated carbocycles. The number of rotatable bonds is 6. The minimum atomic E-state index is -0.159. The highest BCUT2D eigenvalue weighted by molar-refractivity contribution is 5.79. The van der Waals surface area contributed by atoms with Gasteiger partial charge in [-0.05, 0) is 44.7 Å². The Hall–Kier alpha value is -2.70. The van der Waals surface area contributed by atoms with Gasteiger partial charge in [0.2, 0.25) is 5.91 Å². The van der Waals surface area contributed by atoms with Gasteiger partial charge in [0.25, 0.3) is 5.56 Å². The van der Waals surface area contributed by atoms with Crippen LogP contribution in [-0.2, 0) is 20.7 Å². The molecule has 0 N–H and O–H groups in total. The van der Waals surface area contributed by atoms with E-state index in [-0.39, 0.29) is 29.4 Å². The molecule has 4 rings (SSSR count). The fourth-order valence-electron chi connectivity index (χ4n) is 4.08. The van der Waals surface area contributed by atoms with Crippen LogP contribution in [0.25, 0.3) is 10.9 Å². The standard InChI is InChI=1S/C22H27N3O4/c1-2-29-22(28)15-11-13-24(14-12-15)20(26)10-9-19-23-18-6-4-3-5-17(18)21(27)25(19)16-7-8-16/h3-6,15-16H,2,7-14H2,1H3. The largest absolute Gasteiger partial charge is 0.466 e. The van der Waals surface area contributed by atoms with Gasteiger partial charge in [-0.2, -0.15) is 0 Å². The lowest BCUT2D eigenvalue weighted by atomic mass is 9.96. The van der Waals surface area contributed by atoms with E-state index < -0.39 is 0 Å². The molecule has 1 saturated heterocycles. The second-order valence-corrected chi connectivity index (χ2v) is 7.86. The molecule has 1 aliphatic carbocycles. The van der Waals surface area contributed by atoms with Crippen LogP contribution in [0.4, 0.5) is 0 Å². The third-order valence-electron chi connectivity index (χ3n) is 5.82. The third-order valence-corrected chi connectivity index (χ3v) is 5.82. The van der Waals surface area contributed by atoms with Crippen LogP contribution in [0, 0.1) is 5.92 Å². The molecule has 1 aromatic carbocycles. The molecule has 0 spiro atoms. The zero-order valence-corrected chi connectivity index (χ0v) is 16.8. The Morgan fingerprint density at radius 1 is 1.14 bits per heavy atom. The van der Waals surface area contributed by atoms with E-state index in [9.17, 15) is 14.4 Å². The SMILES string of the molecule is CCOC(=O)C1CCN(C(=O)CCc2nc3ccccc3c(=O)n2C2CC2)CC1. The van der Waals surface area contributed by atoms with E-state index in [0.717, 1.165) is 12.8 Å². The molecule has 0 radical (unpaired) electrons. The van der Waals surface area contributed by atoms with Gasteiger partial charge >= 0.3 is 5.97 Å². The predicted octanol–water partition coefficient (Wildman–Crippen LogP) is 2.47. The first-order valence-electron chi connectivity index (χ1n) is 10.5. The fraction of sp³-hybridized carbons (Fsp3) is 0.545. The molecule has 0 atom stereocenters. The number of amides is 1. The smallest absolute Gasteiger partial charge is 0.309 e. The Kier molecular flexibility index (Phi) is 5.65. The van der Waals surface area contributed by atoms with Crippen LogP contribution in [0.3, 0.4) is 0 Å². The van der Waals surface area contributed by atoms with Crippen molar-refractivity contribution in [1.82, 2.24) is 14.5 Å². The molecule has 7 nitrogen and oxygen atoms in total. The number of ether oxygens (including phenoxy) is 1. The number of piperidine rings is 1. The highest BCUT2D eigenvalue weighted by Crippen LogP contribution is 2.35. The second-order valence-electron chi connectivity index (χ2n) is 7.86. The van der Waals surface area contributed by atoms with Crippen LogP contribution in [0.5, 0.6) is 0 Å². The zero-order chi connectivity index (χ0) is 20.4. The summed E-state index contributed by atoms with van der Waals surface area (Å²) in [7, 11) is 0. The maximum Gasteiger partial charge on any atom is 0.309 e. The summed E-state index contributed by atoms with van der Waals surface area (Å²) in [6, 6.07) is 7.60. The van der Waals surface area contributed by atoms with Crippen molar-refractivity contribution < 1.29 is 14.3 Å². The van der Waals surface area contributed by atoms with E-state index in [2.05, 4.69) is 0 Å². The molecule has 2 aliphatic rings. The van der Waals surface area contributed by atoms with Gasteiger partial charge in [-0.3, -0.25) is 19.0 Å². The number of hydrogen-bond acceptors (Lipinski definition) is 5. The van der Waals surface area contributed by atoms with Crippen LogP contribution in [0.1, 0.15) is 50.9 Å². The Morgan fingerprint density at radius 2 is 1.86 bits per heavy atom. The maximum absolute atomic E-state index is 12.9. The number of aryl methyl sites for hydroxylation is 1. The summed E-state index contributed by atoms with van der Waals surface area (Å²) in [5.41, 5.74) is 0.683. The summed E-state index contributed by atoms with van der Waals surface area (Å²) in [4.78, 5) is 44.0. The number of esters is 1. The third kappa shape index (κ3) is 4.18. The number of likely N-dealkylation sites (tertiary alicyclic amines) is 1. The van der Waals surface area contributed by atoms with Crippen molar-refractivity contribution in [3.63, 3.8) is 0 Å². The molecular formula is C22H27N3O4. The number of hydrogen-bond donors (Lipinski definition) is 0. The zero-order valence-electron chi connectivity index (χ0n) is 16.8. The molecule has 7 heteroatoms. The summed E-state index contributed by atoms with van der Waals surface area (Å²) >= 11 is 0. The van der Waals surface area contributed by atoms with Gasteiger partial charge in [0.05, 0.1) is 23.4 Å².